The lowest BCUT2D eigenvalue weighted by Gasteiger charge is -2.11. The summed E-state index contributed by atoms with van der Waals surface area (Å²) in [5, 5.41) is 1.25. The van der Waals surface area contributed by atoms with Gasteiger partial charge in [-0.15, -0.1) is 0 Å². The van der Waals surface area contributed by atoms with Gasteiger partial charge in [-0.05, 0) is 31.2 Å². The average molecular weight is 372 g/mol. The van der Waals surface area contributed by atoms with Crippen molar-refractivity contribution in [1.82, 2.24) is 4.98 Å². The molecule has 0 aliphatic carbocycles. The Kier molecular flexibility index (Phi) is 5.92. The molecule has 3 aromatic rings. The van der Waals surface area contributed by atoms with Gasteiger partial charge in [-0.3, -0.25) is 0 Å². The maximum atomic E-state index is 12.0. The van der Waals surface area contributed by atoms with E-state index in [1.807, 2.05) is 49.4 Å². The molecule has 1 aromatic heterocycles. The van der Waals surface area contributed by atoms with Crippen molar-refractivity contribution in [3.8, 4) is 11.5 Å². The summed E-state index contributed by atoms with van der Waals surface area (Å²) in [5.74, 6) is 0.585. The van der Waals surface area contributed by atoms with Crippen molar-refractivity contribution in [3.63, 3.8) is 0 Å². The summed E-state index contributed by atoms with van der Waals surface area (Å²) in [7, 11) is 0. The molecule has 5 nitrogen and oxygen atoms in total. The third kappa shape index (κ3) is 4.43. The summed E-state index contributed by atoms with van der Waals surface area (Å²) in [4.78, 5) is 16.3. The molecule has 0 unspecified atom stereocenters. The molecule has 0 spiro atoms. The van der Waals surface area contributed by atoms with Gasteiger partial charge in [-0.2, -0.15) is 0 Å². The summed E-state index contributed by atoms with van der Waals surface area (Å²) in [5.41, 5.74) is 1.44. The van der Waals surface area contributed by atoms with Crippen LogP contribution in [0, 0.1) is 0 Å². The summed E-state index contributed by atoms with van der Waals surface area (Å²) in [6, 6.07) is 16.6. The number of halogens is 1. The summed E-state index contributed by atoms with van der Waals surface area (Å²) >= 11 is 6.16. The molecule has 26 heavy (non-hydrogen) atoms. The predicted octanol–water partition coefficient (Wildman–Crippen LogP) is 4.41. The number of rotatable bonds is 7. The molecule has 0 fully saturated rings. The van der Waals surface area contributed by atoms with Crippen molar-refractivity contribution in [1.29, 1.82) is 0 Å². The molecule has 0 radical (unpaired) electrons. The van der Waals surface area contributed by atoms with Gasteiger partial charge in [-0.1, -0.05) is 41.9 Å². The Morgan fingerprint density at radius 1 is 1.04 bits per heavy atom. The Labute approximate surface area is 156 Å². The first kappa shape index (κ1) is 18.0. The van der Waals surface area contributed by atoms with Crippen LogP contribution in [-0.4, -0.2) is 24.2 Å². The maximum Gasteiger partial charge on any atom is 0.344 e. The Bertz CT molecular complexity index is 913. The van der Waals surface area contributed by atoms with Gasteiger partial charge >= 0.3 is 5.97 Å². The molecule has 0 N–H and O–H groups in total. The monoisotopic (exact) mass is 371 g/mol. The van der Waals surface area contributed by atoms with Crippen molar-refractivity contribution in [2.75, 3.05) is 13.2 Å². The van der Waals surface area contributed by atoms with Crippen molar-refractivity contribution in [2.45, 2.75) is 13.5 Å². The van der Waals surface area contributed by atoms with Crippen LogP contribution in [0.3, 0.4) is 0 Å². The second kappa shape index (κ2) is 8.54. The third-order valence-electron chi connectivity index (χ3n) is 3.63. The van der Waals surface area contributed by atoms with Gasteiger partial charge in [-0.25, -0.2) is 9.78 Å². The molecule has 0 aliphatic rings. The molecule has 3 rings (SSSR count). The highest BCUT2D eigenvalue weighted by Gasteiger charge is 2.11. The largest absolute Gasteiger partial charge is 0.490 e. The van der Waals surface area contributed by atoms with E-state index in [1.165, 1.54) is 0 Å². The summed E-state index contributed by atoms with van der Waals surface area (Å²) in [6.45, 7) is 2.21. The molecular formula is C20H18ClNO4. The van der Waals surface area contributed by atoms with Crippen LogP contribution in [0.25, 0.3) is 10.9 Å². The zero-order valence-corrected chi connectivity index (χ0v) is 15.0. The number of hydrogen-bond acceptors (Lipinski definition) is 5. The number of hydrogen-bond donors (Lipinski definition) is 0. The standard InChI is InChI=1S/C20H18ClNO4/c1-2-24-17-9-5-6-10-18(17)25-13-19(23)26-12-15-11-14-7-3-4-8-16(14)22-20(15)21/h3-11H,2,12-13H2,1H3. The van der Waals surface area contributed by atoms with E-state index >= 15 is 0 Å². The van der Waals surface area contributed by atoms with Crippen LogP contribution in [0.1, 0.15) is 12.5 Å². The lowest BCUT2D eigenvalue weighted by molar-refractivity contribution is -0.147. The minimum atomic E-state index is -0.500. The second-order valence-corrected chi connectivity index (χ2v) is 5.82. The SMILES string of the molecule is CCOc1ccccc1OCC(=O)OCc1cc2ccccc2nc1Cl. The van der Waals surface area contributed by atoms with E-state index < -0.39 is 5.97 Å². The van der Waals surface area contributed by atoms with Crippen molar-refractivity contribution in [2.24, 2.45) is 0 Å². The number of aromatic nitrogens is 1. The van der Waals surface area contributed by atoms with Crippen LogP contribution in [-0.2, 0) is 16.1 Å². The topological polar surface area (TPSA) is 57.7 Å². The van der Waals surface area contributed by atoms with Gasteiger partial charge in [0.05, 0.1) is 12.1 Å². The lowest BCUT2D eigenvalue weighted by Crippen LogP contribution is -2.15. The molecule has 6 heteroatoms. The Morgan fingerprint density at radius 2 is 1.73 bits per heavy atom. The second-order valence-electron chi connectivity index (χ2n) is 5.46. The summed E-state index contributed by atoms with van der Waals surface area (Å²) < 4.78 is 16.2. The molecule has 0 aliphatic heterocycles. The Morgan fingerprint density at radius 3 is 2.50 bits per heavy atom. The van der Waals surface area contributed by atoms with Crippen LogP contribution < -0.4 is 9.47 Å². The van der Waals surface area contributed by atoms with E-state index in [-0.39, 0.29) is 13.2 Å². The Hall–Kier alpha value is -2.79. The number of benzene rings is 2. The normalized spacial score (nSPS) is 10.5. The number of esters is 1. The molecule has 134 valence electrons. The molecule has 0 amide bonds. The first-order valence-electron chi connectivity index (χ1n) is 8.21. The number of fused-ring (bicyclic) bond motifs is 1. The quantitative estimate of drug-likeness (QED) is 0.455. The van der Waals surface area contributed by atoms with E-state index in [0.717, 1.165) is 10.9 Å². The van der Waals surface area contributed by atoms with Gasteiger partial charge in [0.2, 0.25) is 0 Å². The molecule has 1 heterocycles. The lowest BCUT2D eigenvalue weighted by atomic mass is 10.2. The van der Waals surface area contributed by atoms with E-state index in [1.54, 1.807) is 12.1 Å². The van der Waals surface area contributed by atoms with Gasteiger partial charge < -0.3 is 14.2 Å². The molecule has 2 aromatic carbocycles. The molecule has 0 bridgehead atoms. The van der Waals surface area contributed by atoms with Crippen molar-refractivity contribution < 1.29 is 19.0 Å². The smallest absolute Gasteiger partial charge is 0.344 e. The number of nitrogens with zero attached hydrogens (tertiary/aromatic N) is 1. The van der Waals surface area contributed by atoms with Crippen LogP contribution in [0.4, 0.5) is 0 Å². The fourth-order valence-corrected chi connectivity index (χ4v) is 2.62. The average Bonchev–Trinajstić information content (AvgIpc) is 2.66. The van der Waals surface area contributed by atoms with Crippen LogP contribution in [0.15, 0.2) is 54.6 Å². The maximum absolute atomic E-state index is 12.0. The van der Waals surface area contributed by atoms with E-state index in [4.69, 9.17) is 25.8 Å². The highest BCUT2D eigenvalue weighted by atomic mass is 35.5. The molecule has 0 atom stereocenters. The minimum Gasteiger partial charge on any atom is -0.490 e. The fraction of sp³-hybridized carbons (Fsp3) is 0.200. The first-order valence-corrected chi connectivity index (χ1v) is 8.59. The van der Waals surface area contributed by atoms with E-state index in [9.17, 15) is 4.79 Å². The summed E-state index contributed by atoms with van der Waals surface area (Å²) in [6.07, 6.45) is 0. The van der Waals surface area contributed by atoms with Gasteiger partial charge in [0.15, 0.2) is 18.1 Å². The third-order valence-corrected chi connectivity index (χ3v) is 3.96. The van der Waals surface area contributed by atoms with E-state index in [0.29, 0.717) is 28.8 Å². The van der Waals surface area contributed by atoms with Gasteiger partial charge in [0, 0.05) is 10.9 Å². The molecule has 0 saturated carbocycles. The number of carbonyl (C=O) groups is 1. The van der Waals surface area contributed by atoms with Crippen molar-refractivity contribution in [3.05, 3.63) is 65.3 Å². The van der Waals surface area contributed by atoms with Crippen LogP contribution in [0.5, 0.6) is 11.5 Å². The first-order chi connectivity index (χ1) is 12.7. The van der Waals surface area contributed by atoms with Crippen molar-refractivity contribution >= 4 is 28.5 Å². The van der Waals surface area contributed by atoms with Crippen LogP contribution in [0.2, 0.25) is 5.15 Å². The number of para-hydroxylation sites is 3. The Balaban J connectivity index is 1.59. The van der Waals surface area contributed by atoms with Gasteiger partial charge in [0.25, 0.3) is 0 Å². The van der Waals surface area contributed by atoms with Crippen LogP contribution >= 0.6 is 11.6 Å². The number of ether oxygens (including phenoxy) is 3. The predicted molar refractivity (Wildman–Crippen MR) is 99.7 cm³/mol. The highest BCUT2D eigenvalue weighted by molar-refractivity contribution is 6.30. The zero-order chi connectivity index (χ0) is 18.4. The molecule has 0 saturated heterocycles. The zero-order valence-electron chi connectivity index (χ0n) is 14.3. The van der Waals surface area contributed by atoms with E-state index in [2.05, 4.69) is 4.98 Å². The molecular weight excluding hydrogens is 354 g/mol. The number of carbonyl (C=O) groups excluding carboxylic acids is 1. The van der Waals surface area contributed by atoms with Gasteiger partial charge in [0.1, 0.15) is 11.8 Å². The fourth-order valence-electron chi connectivity index (χ4n) is 2.42. The minimum absolute atomic E-state index is 0.0337. The number of pyridine rings is 1. The highest BCUT2D eigenvalue weighted by Crippen LogP contribution is 2.26.